The summed E-state index contributed by atoms with van der Waals surface area (Å²) in [4.78, 5) is 11.1. The Bertz CT molecular complexity index is 1060. The summed E-state index contributed by atoms with van der Waals surface area (Å²) in [7, 11) is -3.20. The third-order valence-electron chi connectivity index (χ3n) is 4.43. The van der Waals surface area contributed by atoms with E-state index in [2.05, 4.69) is 30.6 Å². The molecule has 1 aliphatic heterocycles. The van der Waals surface area contributed by atoms with Crippen molar-refractivity contribution < 1.29 is 8.42 Å². The third-order valence-corrected chi connectivity index (χ3v) is 5.98. The van der Waals surface area contributed by atoms with Gasteiger partial charge in [0.1, 0.15) is 5.82 Å². The summed E-state index contributed by atoms with van der Waals surface area (Å²) in [5.74, 6) is 1.29. The number of anilines is 1. The van der Waals surface area contributed by atoms with Crippen LogP contribution in [0, 0.1) is 0 Å². The van der Waals surface area contributed by atoms with E-state index in [1.54, 1.807) is 12.1 Å². The third kappa shape index (κ3) is 3.96. The van der Waals surface area contributed by atoms with E-state index in [0.717, 1.165) is 5.56 Å². The number of hydrogen-bond donors (Lipinski definition) is 1. The van der Waals surface area contributed by atoms with E-state index >= 15 is 0 Å². The summed E-state index contributed by atoms with van der Waals surface area (Å²) in [6.07, 6.45) is 1.22. The number of rotatable bonds is 4. The number of benzene rings is 1. The van der Waals surface area contributed by atoms with Gasteiger partial charge in [-0.25, -0.2) is 18.4 Å². The van der Waals surface area contributed by atoms with Gasteiger partial charge >= 0.3 is 0 Å². The SMILES string of the molecule is CS(=O)(=O)N1CCN(c2cc(-c3ccc(Cl)cc3)nc(-c3nn[nH]n3)n2)CC1. The zero-order valence-corrected chi connectivity index (χ0v) is 16.5. The van der Waals surface area contributed by atoms with Gasteiger partial charge in [-0.15, -0.1) is 10.2 Å². The fraction of sp³-hybridized carbons (Fsp3) is 0.312. The highest BCUT2D eigenvalue weighted by Crippen LogP contribution is 2.26. The van der Waals surface area contributed by atoms with Crippen LogP contribution in [0.4, 0.5) is 5.82 Å². The Morgan fingerprint density at radius 1 is 1.04 bits per heavy atom. The molecule has 0 spiro atoms. The summed E-state index contributed by atoms with van der Waals surface area (Å²) in [6, 6.07) is 9.18. The average molecular weight is 421 g/mol. The standard InChI is InChI=1S/C16H17ClN8O2S/c1-28(26,27)25-8-6-24(7-9-25)14-10-13(11-2-4-12(17)5-3-11)18-15(19-14)16-20-22-23-21-16/h2-5,10H,6-9H2,1H3,(H,20,21,22,23). The van der Waals surface area contributed by atoms with Crippen molar-refractivity contribution in [3.63, 3.8) is 0 Å². The minimum atomic E-state index is -3.20. The molecular weight excluding hydrogens is 404 g/mol. The van der Waals surface area contributed by atoms with Crippen molar-refractivity contribution in [3.8, 4) is 22.9 Å². The van der Waals surface area contributed by atoms with Crippen LogP contribution in [0.2, 0.25) is 5.02 Å². The lowest BCUT2D eigenvalue weighted by Crippen LogP contribution is -2.48. The molecule has 0 aliphatic carbocycles. The normalized spacial score (nSPS) is 15.7. The second-order valence-corrected chi connectivity index (χ2v) is 8.75. The minimum absolute atomic E-state index is 0.284. The average Bonchev–Trinajstić information content (AvgIpc) is 3.22. The Morgan fingerprint density at radius 2 is 1.75 bits per heavy atom. The van der Waals surface area contributed by atoms with Crippen LogP contribution < -0.4 is 4.90 Å². The first kappa shape index (κ1) is 18.7. The quantitative estimate of drug-likeness (QED) is 0.665. The number of nitrogens with one attached hydrogen (secondary N) is 1. The van der Waals surface area contributed by atoms with Crippen molar-refractivity contribution in [3.05, 3.63) is 35.4 Å². The monoisotopic (exact) mass is 420 g/mol. The number of aromatic nitrogens is 6. The molecule has 0 atom stereocenters. The number of tetrazole rings is 1. The van der Waals surface area contributed by atoms with Crippen molar-refractivity contribution >= 4 is 27.4 Å². The van der Waals surface area contributed by atoms with Gasteiger partial charge in [0, 0.05) is 42.8 Å². The van der Waals surface area contributed by atoms with Gasteiger partial charge in [0.05, 0.1) is 11.9 Å². The van der Waals surface area contributed by atoms with Crippen molar-refractivity contribution in [2.24, 2.45) is 0 Å². The summed E-state index contributed by atoms with van der Waals surface area (Å²) < 4.78 is 25.0. The van der Waals surface area contributed by atoms with Crippen molar-refractivity contribution in [2.45, 2.75) is 0 Å². The topological polar surface area (TPSA) is 121 Å². The molecule has 3 heterocycles. The fourth-order valence-corrected chi connectivity index (χ4v) is 3.92. The van der Waals surface area contributed by atoms with Crippen molar-refractivity contribution in [2.75, 3.05) is 37.3 Å². The van der Waals surface area contributed by atoms with Gasteiger partial charge in [0.15, 0.2) is 0 Å². The molecule has 0 radical (unpaired) electrons. The Kier molecular flexibility index (Phi) is 4.96. The van der Waals surface area contributed by atoms with Crippen molar-refractivity contribution in [1.29, 1.82) is 0 Å². The zero-order valence-electron chi connectivity index (χ0n) is 14.9. The van der Waals surface area contributed by atoms with Gasteiger partial charge in [-0.2, -0.15) is 9.52 Å². The number of H-pyrrole nitrogens is 1. The summed E-state index contributed by atoms with van der Waals surface area (Å²) in [6.45, 7) is 1.85. The minimum Gasteiger partial charge on any atom is -0.354 e. The van der Waals surface area contributed by atoms with Crippen LogP contribution in [0.5, 0.6) is 0 Å². The first-order chi connectivity index (χ1) is 13.4. The second-order valence-electron chi connectivity index (χ2n) is 6.33. The molecule has 0 unspecified atom stereocenters. The lowest BCUT2D eigenvalue weighted by molar-refractivity contribution is 0.387. The van der Waals surface area contributed by atoms with Crippen LogP contribution >= 0.6 is 11.6 Å². The maximum absolute atomic E-state index is 11.7. The Morgan fingerprint density at radius 3 is 2.36 bits per heavy atom. The molecule has 12 heteroatoms. The van der Waals surface area contributed by atoms with Gasteiger partial charge in [0.2, 0.25) is 21.7 Å². The number of aromatic amines is 1. The molecule has 146 valence electrons. The van der Waals surface area contributed by atoms with Gasteiger partial charge in [-0.3, -0.25) is 0 Å². The van der Waals surface area contributed by atoms with E-state index in [0.29, 0.717) is 48.5 Å². The van der Waals surface area contributed by atoms with E-state index in [-0.39, 0.29) is 5.82 Å². The predicted molar refractivity (Wildman–Crippen MR) is 104 cm³/mol. The van der Waals surface area contributed by atoms with E-state index in [1.165, 1.54) is 10.6 Å². The second kappa shape index (κ2) is 7.41. The fourth-order valence-electron chi connectivity index (χ4n) is 2.97. The molecule has 2 aromatic heterocycles. The summed E-state index contributed by atoms with van der Waals surface area (Å²) in [5, 5.41) is 14.5. The van der Waals surface area contributed by atoms with Crippen molar-refractivity contribution in [1.82, 2.24) is 34.9 Å². The Hall–Kier alpha value is -2.63. The van der Waals surface area contributed by atoms with E-state index in [9.17, 15) is 8.42 Å². The molecule has 4 rings (SSSR count). The highest BCUT2D eigenvalue weighted by atomic mass is 35.5. The van der Waals surface area contributed by atoms with E-state index < -0.39 is 10.0 Å². The largest absolute Gasteiger partial charge is 0.354 e. The molecule has 1 saturated heterocycles. The summed E-state index contributed by atoms with van der Waals surface area (Å²) >= 11 is 5.99. The van der Waals surface area contributed by atoms with Gasteiger partial charge < -0.3 is 4.90 Å². The number of halogens is 1. The predicted octanol–water partition coefficient (Wildman–Crippen LogP) is 1.06. The zero-order chi connectivity index (χ0) is 19.7. The van der Waals surface area contributed by atoms with Crippen LogP contribution in [0.15, 0.2) is 30.3 Å². The highest BCUT2D eigenvalue weighted by molar-refractivity contribution is 7.88. The number of piperazine rings is 1. The summed E-state index contributed by atoms with van der Waals surface area (Å²) in [5.41, 5.74) is 1.56. The molecule has 28 heavy (non-hydrogen) atoms. The van der Waals surface area contributed by atoms with Crippen LogP contribution in [0.3, 0.4) is 0 Å². The van der Waals surface area contributed by atoms with E-state index in [1.807, 2.05) is 23.1 Å². The molecule has 3 aromatic rings. The molecule has 0 saturated carbocycles. The molecule has 1 N–H and O–H groups in total. The van der Waals surface area contributed by atoms with Crippen LogP contribution in [-0.2, 0) is 10.0 Å². The van der Waals surface area contributed by atoms with Crippen LogP contribution in [0.1, 0.15) is 0 Å². The number of sulfonamides is 1. The van der Waals surface area contributed by atoms with Crippen LogP contribution in [-0.4, -0.2) is 75.7 Å². The van der Waals surface area contributed by atoms with Crippen LogP contribution in [0.25, 0.3) is 22.9 Å². The highest BCUT2D eigenvalue weighted by Gasteiger charge is 2.25. The maximum atomic E-state index is 11.7. The molecule has 1 fully saturated rings. The first-order valence-corrected chi connectivity index (χ1v) is 10.7. The molecule has 0 bridgehead atoms. The maximum Gasteiger partial charge on any atom is 0.241 e. The lowest BCUT2D eigenvalue weighted by Gasteiger charge is -2.34. The molecule has 1 aliphatic rings. The Balaban J connectivity index is 1.70. The first-order valence-electron chi connectivity index (χ1n) is 8.49. The van der Waals surface area contributed by atoms with Gasteiger partial charge in [-0.05, 0) is 17.3 Å². The molecule has 1 aromatic carbocycles. The molecule has 10 nitrogen and oxygen atoms in total. The van der Waals surface area contributed by atoms with E-state index in [4.69, 9.17) is 11.6 Å². The van der Waals surface area contributed by atoms with Gasteiger partial charge in [0.25, 0.3) is 0 Å². The number of nitrogens with zero attached hydrogens (tertiary/aromatic N) is 7. The Labute approximate surface area is 166 Å². The molecule has 0 amide bonds. The number of hydrogen-bond acceptors (Lipinski definition) is 8. The smallest absolute Gasteiger partial charge is 0.241 e. The lowest BCUT2D eigenvalue weighted by atomic mass is 10.1. The molecular formula is C16H17ClN8O2S. The van der Waals surface area contributed by atoms with Gasteiger partial charge in [-0.1, -0.05) is 23.7 Å².